The van der Waals surface area contributed by atoms with Gasteiger partial charge in [0.25, 0.3) is 11.8 Å². The fraction of sp³-hybridized carbons (Fsp3) is 0.511. The highest BCUT2D eigenvalue weighted by atomic mass is 16.7. The summed E-state index contributed by atoms with van der Waals surface area (Å²) in [7, 11) is 0. The van der Waals surface area contributed by atoms with Gasteiger partial charge in [0, 0.05) is 43.6 Å². The van der Waals surface area contributed by atoms with Gasteiger partial charge in [-0.1, -0.05) is 85.6 Å². The monoisotopic (exact) mass is 761 g/mol. The van der Waals surface area contributed by atoms with Gasteiger partial charge in [-0.3, -0.25) is 14.6 Å². The Hall–Kier alpha value is -4.79. The number of nitrogens with zero attached hydrogens (tertiary/aromatic N) is 3. The van der Waals surface area contributed by atoms with Crippen molar-refractivity contribution < 1.29 is 29.1 Å². The van der Waals surface area contributed by atoms with E-state index in [9.17, 15) is 24.3 Å². The van der Waals surface area contributed by atoms with Crippen LogP contribution in [0.4, 0.5) is 5.69 Å². The van der Waals surface area contributed by atoms with Crippen molar-refractivity contribution >= 4 is 40.7 Å². The molecule has 1 fully saturated rings. The molecular weight excluding hydrogens is 703 g/mol. The van der Waals surface area contributed by atoms with Crippen molar-refractivity contribution in [2.24, 2.45) is 4.99 Å². The molecule has 0 atom stereocenters. The minimum absolute atomic E-state index is 0.0344. The van der Waals surface area contributed by atoms with Gasteiger partial charge in [-0.25, -0.2) is 9.59 Å². The van der Waals surface area contributed by atoms with E-state index in [4.69, 9.17) is 9.83 Å². The number of aryl methyl sites for hydroxylation is 1. The number of carbonyl (C=O) groups is 4. The smallest absolute Gasteiger partial charge is 0.363 e. The standard InChI is InChI=1S/C47H59N3O6/c1-6-9-12-14-23-48-40-29-38-36(26-31(40)17-11-8-3)44(34-20-19-33(28-35(34)45(53)54)46(55)56-50-42(51)21-22-43(50)52)37-27-32-18-16-25-49(24-15-13-10-7-2)41(32)30-39(37)47(38,4)5/h19-20,26-30H,6-18,21-25H2,1-5H3,(H,53,54). The molecule has 0 bridgehead atoms. The Morgan fingerprint density at radius 2 is 1.55 bits per heavy atom. The number of hydrogen-bond donors (Lipinski definition) is 1. The zero-order chi connectivity index (χ0) is 40.0. The number of imide groups is 1. The van der Waals surface area contributed by atoms with E-state index in [0.29, 0.717) is 10.6 Å². The Morgan fingerprint density at radius 1 is 0.839 bits per heavy atom. The van der Waals surface area contributed by atoms with Crippen LogP contribution in [0.25, 0.3) is 5.57 Å². The average Bonchev–Trinajstić information content (AvgIpc) is 3.50. The van der Waals surface area contributed by atoms with Crippen molar-refractivity contribution in [2.45, 2.75) is 136 Å². The van der Waals surface area contributed by atoms with Gasteiger partial charge in [-0.2, -0.15) is 0 Å². The maximum atomic E-state index is 13.3. The summed E-state index contributed by atoms with van der Waals surface area (Å²) in [5, 5.41) is 11.3. The number of carbonyl (C=O) groups excluding carboxylic acids is 3. The number of allylic oxidation sites excluding steroid dienone is 5. The lowest BCUT2D eigenvalue weighted by Crippen LogP contribution is -2.34. The molecule has 56 heavy (non-hydrogen) atoms. The lowest BCUT2D eigenvalue weighted by Gasteiger charge is -2.42. The number of aromatic carboxylic acids is 1. The third-order valence-corrected chi connectivity index (χ3v) is 11.8. The van der Waals surface area contributed by atoms with Gasteiger partial charge in [-0.05, 0) is 119 Å². The summed E-state index contributed by atoms with van der Waals surface area (Å²) in [5.74, 6) is -3.34. The second-order valence-corrected chi connectivity index (χ2v) is 16.3. The van der Waals surface area contributed by atoms with Crippen LogP contribution in [0.15, 0.2) is 64.2 Å². The van der Waals surface area contributed by atoms with E-state index < -0.39 is 29.2 Å². The van der Waals surface area contributed by atoms with Crippen LogP contribution in [0.2, 0.25) is 0 Å². The van der Waals surface area contributed by atoms with Gasteiger partial charge in [0.1, 0.15) is 0 Å². The van der Waals surface area contributed by atoms with Crippen LogP contribution in [-0.2, 0) is 26.3 Å². The summed E-state index contributed by atoms with van der Waals surface area (Å²) >= 11 is 0. The fourth-order valence-corrected chi connectivity index (χ4v) is 8.64. The topological polar surface area (TPSA) is 117 Å². The Morgan fingerprint density at radius 3 is 2.25 bits per heavy atom. The molecule has 6 rings (SSSR count). The third kappa shape index (κ3) is 8.47. The number of carboxylic acid groups (broad SMARTS) is 1. The normalized spacial score (nSPS) is 18.1. The van der Waals surface area contributed by atoms with E-state index in [1.807, 2.05) is 0 Å². The SMILES string of the molecule is CCCCCCN=C1C=C2C(=C(c3ccc(C(=O)ON4C(=O)CCC4=O)cc3C(=O)O)c3cc4c(cc3C2(C)C)N(CCCCCC)CCC4)C=C1CCCC. The number of anilines is 1. The molecule has 2 aromatic carbocycles. The van der Waals surface area contributed by atoms with Crippen LogP contribution in [0.3, 0.4) is 0 Å². The van der Waals surface area contributed by atoms with Crippen LogP contribution in [0.1, 0.15) is 167 Å². The molecule has 1 saturated heterocycles. The number of hydroxylamine groups is 2. The largest absolute Gasteiger partial charge is 0.478 e. The number of hydrogen-bond acceptors (Lipinski definition) is 7. The summed E-state index contributed by atoms with van der Waals surface area (Å²) in [5.41, 5.74) is 9.73. The minimum Gasteiger partial charge on any atom is -0.478 e. The number of benzene rings is 2. The maximum absolute atomic E-state index is 13.3. The van der Waals surface area contributed by atoms with Gasteiger partial charge >= 0.3 is 11.9 Å². The lowest BCUT2D eigenvalue weighted by molar-refractivity contribution is -0.172. The summed E-state index contributed by atoms with van der Waals surface area (Å²) < 4.78 is 0. The number of fused-ring (bicyclic) bond motifs is 3. The quantitative estimate of drug-likeness (QED) is 0.126. The number of unbranched alkanes of at least 4 members (excludes halogenated alkanes) is 7. The van der Waals surface area contributed by atoms with E-state index in [1.54, 1.807) is 6.07 Å². The second-order valence-electron chi connectivity index (χ2n) is 16.3. The van der Waals surface area contributed by atoms with Gasteiger partial charge in [0.05, 0.1) is 16.8 Å². The van der Waals surface area contributed by atoms with Crippen molar-refractivity contribution in [3.05, 3.63) is 92.6 Å². The number of amides is 2. The molecule has 0 saturated carbocycles. The summed E-state index contributed by atoms with van der Waals surface area (Å²) in [6.07, 6.45) is 18.7. The highest BCUT2D eigenvalue weighted by Crippen LogP contribution is 2.53. The van der Waals surface area contributed by atoms with Crippen LogP contribution >= 0.6 is 0 Å². The van der Waals surface area contributed by atoms with Crippen molar-refractivity contribution in [2.75, 3.05) is 24.5 Å². The molecule has 9 nitrogen and oxygen atoms in total. The van der Waals surface area contributed by atoms with Crippen LogP contribution in [-0.4, -0.2) is 59.3 Å². The Labute approximate surface area is 332 Å². The number of carboxylic acids is 1. The third-order valence-electron chi connectivity index (χ3n) is 11.8. The van der Waals surface area contributed by atoms with Crippen LogP contribution < -0.4 is 4.90 Å². The zero-order valence-electron chi connectivity index (χ0n) is 34.1. The second kappa shape index (κ2) is 18.0. The summed E-state index contributed by atoms with van der Waals surface area (Å²) in [6.45, 7) is 14.0. The highest BCUT2D eigenvalue weighted by molar-refractivity contribution is 6.14. The molecule has 4 aliphatic rings. The van der Waals surface area contributed by atoms with Crippen molar-refractivity contribution in [3.8, 4) is 0 Å². The van der Waals surface area contributed by atoms with Gasteiger partial charge in [0.2, 0.25) is 0 Å². The maximum Gasteiger partial charge on any atom is 0.363 e. The molecule has 0 spiro atoms. The molecule has 1 N–H and O–H groups in total. The Balaban J connectivity index is 1.54. The first-order valence-electron chi connectivity index (χ1n) is 21.1. The number of rotatable bonds is 17. The van der Waals surface area contributed by atoms with Crippen molar-refractivity contribution in [3.63, 3.8) is 0 Å². The van der Waals surface area contributed by atoms with E-state index in [1.165, 1.54) is 55.5 Å². The number of aliphatic imine (C=N–C) groups is 1. The van der Waals surface area contributed by atoms with Gasteiger partial charge in [-0.15, -0.1) is 5.06 Å². The summed E-state index contributed by atoms with van der Waals surface area (Å²) in [4.78, 5) is 63.9. The molecule has 2 aliphatic heterocycles. The van der Waals surface area contributed by atoms with E-state index in [2.05, 4.69) is 63.8 Å². The minimum atomic E-state index is -1.19. The Kier molecular flexibility index (Phi) is 13.1. The van der Waals surface area contributed by atoms with Gasteiger partial charge in [0.15, 0.2) is 0 Å². The first-order chi connectivity index (χ1) is 27.0. The van der Waals surface area contributed by atoms with Crippen LogP contribution in [0, 0.1) is 0 Å². The highest BCUT2D eigenvalue weighted by Gasteiger charge is 2.41. The van der Waals surface area contributed by atoms with E-state index in [0.717, 1.165) is 110 Å². The predicted molar refractivity (Wildman–Crippen MR) is 222 cm³/mol. The molecule has 0 aromatic heterocycles. The molecule has 0 unspecified atom stereocenters. The predicted octanol–water partition coefficient (Wildman–Crippen LogP) is 10.1. The lowest BCUT2D eigenvalue weighted by atomic mass is 9.63. The molecule has 2 amide bonds. The molecule has 2 aliphatic carbocycles. The molecule has 0 radical (unpaired) electrons. The molecule has 298 valence electrons. The Bertz CT molecular complexity index is 1980. The molecule has 2 heterocycles. The molecular formula is C47H59N3O6. The average molecular weight is 762 g/mol. The first-order valence-corrected chi connectivity index (χ1v) is 21.1. The fourth-order valence-electron chi connectivity index (χ4n) is 8.64. The summed E-state index contributed by atoms with van der Waals surface area (Å²) in [6, 6.07) is 9.21. The van der Waals surface area contributed by atoms with Crippen molar-refractivity contribution in [1.29, 1.82) is 0 Å². The van der Waals surface area contributed by atoms with E-state index in [-0.39, 0.29) is 24.0 Å². The van der Waals surface area contributed by atoms with Crippen LogP contribution in [0.5, 0.6) is 0 Å². The molecule has 9 heteroatoms. The molecule has 2 aromatic rings. The zero-order valence-corrected chi connectivity index (χ0v) is 34.1. The van der Waals surface area contributed by atoms with Gasteiger partial charge < -0.3 is 14.8 Å². The van der Waals surface area contributed by atoms with Crippen molar-refractivity contribution in [1.82, 2.24) is 5.06 Å². The first kappa shape index (κ1) is 40.9. The van der Waals surface area contributed by atoms with E-state index >= 15 is 0 Å².